The van der Waals surface area contributed by atoms with Crippen LogP contribution < -0.4 is 11.6 Å². The number of nitrogens with zero attached hydrogens (tertiary/aromatic N) is 8. The van der Waals surface area contributed by atoms with E-state index in [1.165, 1.54) is 43.1 Å². The van der Waals surface area contributed by atoms with Crippen molar-refractivity contribution in [3.8, 4) is 22.5 Å². The fourth-order valence-corrected chi connectivity index (χ4v) is 6.34. The van der Waals surface area contributed by atoms with Gasteiger partial charge < -0.3 is 31.1 Å². The fourth-order valence-electron chi connectivity index (χ4n) is 6.34. The zero-order valence-corrected chi connectivity index (χ0v) is 30.8. The van der Waals surface area contributed by atoms with Crippen molar-refractivity contribution in [3.05, 3.63) is 90.6 Å². The molecule has 0 aliphatic heterocycles. The largest absolute Gasteiger partial charge is 0.409 e. The first-order chi connectivity index (χ1) is 25.7. The maximum absolute atomic E-state index is 12.7. The molecule has 2 saturated carbocycles. The molecule has 2 aliphatic carbocycles. The molecule has 4 aromatic rings. The van der Waals surface area contributed by atoms with Crippen LogP contribution in [0.5, 0.6) is 0 Å². The van der Waals surface area contributed by atoms with Gasteiger partial charge in [-0.15, -0.1) is 0 Å². The molecule has 0 radical (unpaired) electrons. The molecule has 0 spiro atoms. The molecule has 2 heterocycles. The average Bonchev–Trinajstić information content (AvgIpc) is 3.93. The van der Waals surface area contributed by atoms with Gasteiger partial charge in [-0.05, 0) is 38.2 Å². The Hall–Kier alpha value is -5.56. The van der Waals surface area contributed by atoms with Crippen LogP contribution in [-0.4, -0.2) is 95.1 Å². The van der Waals surface area contributed by atoms with Crippen LogP contribution in [0.4, 0.5) is 15.3 Å². The second-order valence-electron chi connectivity index (χ2n) is 12.7. The van der Waals surface area contributed by atoms with Crippen molar-refractivity contribution < 1.29 is 25.1 Å². The first-order valence-corrected chi connectivity index (χ1v) is 17.8. The number of amides is 2. The number of nitrogens with two attached hydrogens (primary N) is 2. The minimum atomic E-state index is -0.0565. The van der Waals surface area contributed by atoms with Crippen molar-refractivity contribution in [3.63, 3.8) is 0 Å². The van der Waals surface area contributed by atoms with Gasteiger partial charge in [-0.2, -0.15) is 0 Å². The predicted molar refractivity (Wildman–Crippen MR) is 204 cm³/mol. The van der Waals surface area contributed by atoms with E-state index in [0.717, 1.165) is 42.5 Å². The maximum atomic E-state index is 12.7. The molecular formula is C38H52N10O5. The van der Waals surface area contributed by atoms with E-state index in [0.29, 0.717) is 29.0 Å². The topological polar surface area (TPSA) is 206 Å². The van der Waals surface area contributed by atoms with Gasteiger partial charge in [0, 0.05) is 56.3 Å². The highest BCUT2D eigenvalue weighted by atomic mass is 16.4. The molecule has 2 amide bonds. The van der Waals surface area contributed by atoms with Gasteiger partial charge in [0.05, 0.1) is 18.0 Å². The lowest BCUT2D eigenvalue weighted by Crippen LogP contribution is -2.40. The van der Waals surface area contributed by atoms with E-state index in [1.807, 2.05) is 48.2 Å². The molecule has 0 atom stereocenters. The molecule has 284 valence electrons. The number of aliphatic hydroxyl groups excluding tert-OH is 1. The Morgan fingerprint density at radius 1 is 0.792 bits per heavy atom. The Balaban J connectivity index is 0.000000255. The molecule has 53 heavy (non-hydrogen) atoms. The van der Waals surface area contributed by atoms with Crippen LogP contribution in [0.15, 0.2) is 78.7 Å². The minimum Gasteiger partial charge on any atom is -0.409 e. The lowest BCUT2D eigenvalue weighted by Gasteiger charge is -2.31. The van der Waals surface area contributed by atoms with Crippen molar-refractivity contribution in [2.75, 3.05) is 20.7 Å². The lowest BCUT2D eigenvalue weighted by molar-refractivity contribution is 0.174. The highest BCUT2D eigenvalue weighted by Gasteiger charge is 2.24. The second-order valence-corrected chi connectivity index (χ2v) is 12.7. The van der Waals surface area contributed by atoms with Crippen LogP contribution in [0.2, 0.25) is 0 Å². The van der Waals surface area contributed by atoms with Gasteiger partial charge in [-0.1, -0.05) is 92.2 Å². The highest BCUT2D eigenvalue weighted by molar-refractivity contribution is 5.97. The number of imidazole rings is 2. The first-order valence-electron chi connectivity index (χ1n) is 17.8. The van der Waals surface area contributed by atoms with Crippen LogP contribution in [0.1, 0.15) is 76.7 Å². The molecule has 2 aromatic heterocycles. The summed E-state index contributed by atoms with van der Waals surface area (Å²) in [5.41, 5.74) is 10.0. The first kappa shape index (κ1) is 41.9. The SMILES string of the molecule is CCO.CN(C(=O)n1cnc(-c2ccc(/C(N)=N/O)cc2)c1)C1CCCCC1.NO.[C-]#[N+]c1ccc(-c2cn(C(=O)N(C)C3CCCCC3)cn2)cc1. The third kappa shape index (κ3) is 11.7. The lowest BCUT2D eigenvalue weighted by atomic mass is 9.95. The Morgan fingerprint density at radius 2 is 1.17 bits per heavy atom. The quantitative estimate of drug-likeness (QED) is 0.0496. The summed E-state index contributed by atoms with van der Waals surface area (Å²) >= 11 is 0. The van der Waals surface area contributed by atoms with Crippen molar-refractivity contribution in [2.45, 2.75) is 83.2 Å². The highest BCUT2D eigenvalue weighted by Crippen LogP contribution is 2.25. The minimum absolute atomic E-state index is 0.0339. The Bertz CT molecular complexity index is 1770. The number of amidine groups is 1. The van der Waals surface area contributed by atoms with Crippen molar-refractivity contribution >= 4 is 23.6 Å². The van der Waals surface area contributed by atoms with Gasteiger partial charge in [0.2, 0.25) is 0 Å². The Morgan fingerprint density at radius 3 is 1.53 bits per heavy atom. The zero-order valence-electron chi connectivity index (χ0n) is 30.8. The summed E-state index contributed by atoms with van der Waals surface area (Å²) < 4.78 is 3.08. The molecule has 2 aliphatic rings. The van der Waals surface area contributed by atoms with E-state index in [2.05, 4.69) is 25.9 Å². The van der Waals surface area contributed by atoms with Crippen molar-refractivity contribution in [1.29, 1.82) is 0 Å². The zero-order chi connectivity index (χ0) is 38.8. The van der Waals surface area contributed by atoms with E-state index >= 15 is 0 Å². The van der Waals surface area contributed by atoms with E-state index in [-0.39, 0.29) is 24.5 Å². The number of carbonyl (C=O) groups is 2. The molecule has 15 nitrogen and oxygen atoms in total. The number of carbonyl (C=O) groups excluding carboxylic acids is 2. The third-order valence-electron chi connectivity index (χ3n) is 9.33. The van der Waals surface area contributed by atoms with Gasteiger partial charge in [-0.3, -0.25) is 9.13 Å². The van der Waals surface area contributed by atoms with E-state index < -0.39 is 0 Å². The summed E-state index contributed by atoms with van der Waals surface area (Å²) in [5.74, 6) is 3.56. The number of aromatic nitrogens is 4. The van der Waals surface area contributed by atoms with Crippen molar-refractivity contribution in [2.24, 2.45) is 16.8 Å². The fraction of sp³-hybridized carbons (Fsp3) is 0.421. The van der Waals surface area contributed by atoms with E-state index in [9.17, 15) is 9.59 Å². The molecule has 15 heteroatoms. The number of benzene rings is 2. The number of hydrogen-bond acceptors (Lipinski definition) is 9. The van der Waals surface area contributed by atoms with Gasteiger partial charge >= 0.3 is 12.1 Å². The molecule has 6 rings (SSSR count). The van der Waals surface area contributed by atoms with Gasteiger partial charge in [0.1, 0.15) is 12.7 Å². The Labute approximate surface area is 310 Å². The van der Waals surface area contributed by atoms with E-state index in [4.69, 9.17) is 27.8 Å². The summed E-state index contributed by atoms with van der Waals surface area (Å²) in [6.45, 7) is 8.91. The van der Waals surface area contributed by atoms with Crippen LogP contribution in [-0.2, 0) is 0 Å². The number of rotatable bonds is 5. The van der Waals surface area contributed by atoms with Crippen LogP contribution in [0.3, 0.4) is 0 Å². The second kappa shape index (κ2) is 21.7. The summed E-state index contributed by atoms with van der Waals surface area (Å²) in [6, 6.07) is 14.9. The third-order valence-corrected chi connectivity index (χ3v) is 9.33. The normalized spacial score (nSPS) is 14.5. The van der Waals surface area contributed by atoms with Gasteiger partial charge in [0.25, 0.3) is 0 Å². The van der Waals surface area contributed by atoms with Crippen molar-refractivity contribution in [1.82, 2.24) is 28.9 Å². The summed E-state index contributed by atoms with van der Waals surface area (Å²) in [4.78, 5) is 41.0. The molecule has 0 unspecified atom stereocenters. The average molecular weight is 729 g/mol. The van der Waals surface area contributed by atoms with Crippen LogP contribution in [0.25, 0.3) is 27.4 Å². The standard InChI is InChI=1S/C18H23N5O2.C18H20N4O.C2H6O.H3NO/c1-22(15-5-3-2-4-6-15)18(24)23-11-16(20-12-23)13-7-9-14(10-8-13)17(19)21-25;1-19-15-10-8-14(9-11-15)17-12-22(13-20-17)18(23)21(2)16-6-4-3-5-7-16;1-2-3;1-2/h7-12,15,25H,2-6H2,1H3,(H2,19,21);8-13,16H,3-7H2,2H3;3H,2H2,1H3;2H,1H2. The predicted octanol–water partition coefficient (Wildman–Crippen LogP) is 6.54. The number of hydrogen-bond donors (Lipinski definition) is 5. The molecule has 0 bridgehead atoms. The van der Waals surface area contributed by atoms with Gasteiger partial charge in [-0.25, -0.2) is 30.3 Å². The number of oxime groups is 1. The summed E-state index contributed by atoms with van der Waals surface area (Å²) in [7, 11) is 3.74. The van der Waals surface area contributed by atoms with E-state index in [1.54, 1.807) is 60.8 Å². The Kier molecular flexibility index (Phi) is 17.2. The van der Waals surface area contributed by atoms with Crippen LogP contribution in [0, 0.1) is 6.57 Å². The molecule has 2 fully saturated rings. The van der Waals surface area contributed by atoms with Gasteiger partial charge in [0.15, 0.2) is 11.5 Å². The summed E-state index contributed by atoms with van der Waals surface area (Å²) in [5, 5.41) is 25.7. The molecule has 2 aromatic carbocycles. The molecule has 7 N–H and O–H groups in total. The maximum Gasteiger partial charge on any atom is 0.329 e. The van der Waals surface area contributed by atoms with Crippen LogP contribution >= 0.6 is 0 Å². The summed E-state index contributed by atoms with van der Waals surface area (Å²) in [6.07, 6.45) is 18.2. The molecule has 0 saturated heterocycles. The monoisotopic (exact) mass is 728 g/mol. The molecular weight excluding hydrogens is 676 g/mol. The smallest absolute Gasteiger partial charge is 0.329 e. The number of aliphatic hydroxyl groups is 1.